The molecule has 0 radical (unpaired) electrons. The molecule has 37 nitrogen and oxygen atoms in total. The monoisotopic (exact) mass is 1460 g/mol. The van der Waals surface area contributed by atoms with Crippen LogP contribution in [0.1, 0.15) is 33.4 Å². The standard InChI is InChI=1S/C69H75N19O18/c89-43-13-1-37(2-14-43)31-49(55(95)96)73-64-79-61(80-65(85-64)74-50(56(97)98)32-38-3-15-44(90)16-4-38)70-25-28-88(29-26-71-62-81-66(75-51(57(99)100)33-39-5-17-45(91)18-6-39)86-67(82-62)76-52(58(101)102)34-40-7-19-46(92)20-8-40)30-27-72-63-83-68(77-53(59(103)104)35-41-9-21-47(93)22-10-41)87-69(84-63)78-54(60(105)106)36-42-11-23-48(94)24-12-42/h1-24,49-54,89-94H,25-36H2,(H,95,96)(H,97,98)(H,99,100)(H,101,102)(H,103,104)(H,105,106)(H3,70,73,74,79,80,85)(H3,71,75,76,81,82,86)(H3,72,77,78,83,84,87)/t49-,50+,51-,52+,53-,54+. The highest BCUT2D eigenvalue weighted by Crippen LogP contribution is 2.23. The Morgan fingerprint density at radius 2 is 0.387 bits per heavy atom. The molecule has 0 aliphatic carbocycles. The third kappa shape index (κ3) is 24.2. The van der Waals surface area contributed by atoms with Gasteiger partial charge in [-0.15, -0.1) is 0 Å². The highest BCUT2D eigenvalue weighted by atomic mass is 16.4. The van der Waals surface area contributed by atoms with Gasteiger partial charge < -0.3 is 109 Å². The molecule has 0 spiro atoms. The highest BCUT2D eigenvalue weighted by Gasteiger charge is 2.28. The van der Waals surface area contributed by atoms with Gasteiger partial charge in [0.2, 0.25) is 53.5 Å². The third-order valence-electron chi connectivity index (χ3n) is 15.9. The highest BCUT2D eigenvalue weighted by molar-refractivity contribution is 5.81. The zero-order valence-corrected chi connectivity index (χ0v) is 56.1. The van der Waals surface area contributed by atoms with Crippen LogP contribution in [0.4, 0.5) is 53.5 Å². The summed E-state index contributed by atoms with van der Waals surface area (Å²) >= 11 is 0. The van der Waals surface area contributed by atoms with E-state index < -0.39 is 72.1 Å². The van der Waals surface area contributed by atoms with Gasteiger partial charge in [0.05, 0.1) is 0 Å². The summed E-state index contributed by atoms with van der Waals surface area (Å²) in [7, 11) is 0. The molecule has 106 heavy (non-hydrogen) atoms. The van der Waals surface area contributed by atoms with Crippen molar-refractivity contribution >= 4 is 89.4 Å². The van der Waals surface area contributed by atoms with Gasteiger partial charge in [-0.25, -0.2) is 28.8 Å². The van der Waals surface area contributed by atoms with E-state index >= 15 is 0 Å². The summed E-state index contributed by atoms with van der Waals surface area (Å²) in [6.45, 7) is 0.0728. The van der Waals surface area contributed by atoms with E-state index in [9.17, 15) is 90.0 Å². The normalized spacial score (nSPS) is 12.8. The van der Waals surface area contributed by atoms with Crippen molar-refractivity contribution in [2.75, 3.05) is 87.1 Å². The molecule has 0 saturated carbocycles. The first-order valence-corrected chi connectivity index (χ1v) is 32.7. The summed E-state index contributed by atoms with van der Waals surface area (Å²) in [6.07, 6.45) is -0.808. The molecule has 0 unspecified atom stereocenters. The van der Waals surface area contributed by atoms with E-state index in [1.165, 1.54) is 146 Å². The molecule has 6 aromatic carbocycles. The number of aliphatic carboxylic acids is 6. The molecule has 554 valence electrons. The number of rotatable bonds is 42. The average Bonchev–Trinajstić information content (AvgIpc) is 0.844. The minimum absolute atomic E-state index is 0.0408. The Balaban J connectivity index is 1.02. The predicted octanol–water partition coefficient (Wildman–Crippen LogP) is 4.06. The van der Waals surface area contributed by atoms with Crippen LogP contribution in [0, 0.1) is 0 Å². The largest absolute Gasteiger partial charge is 0.508 e. The molecule has 0 aliphatic heterocycles. The topological polar surface area (TPSA) is 573 Å². The molecular formula is C69H75N19O18. The molecule has 0 bridgehead atoms. The van der Waals surface area contributed by atoms with E-state index in [1.807, 2.05) is 4.90 Å². The van der Waals surface area contributed by atoms with Crippen LogP contribution in [0.5, 0.6) is 34.5 Å². The van der Waals surface area contributed by atoms with Gasteiger partial charge in [-0.05, 0) is 106 Å². The summed E-state index contributed by atoms with van der Waals surface area (Å²) in [5.74, 6) is -10.7. The predicted molar refractivity (Wildman–Crippen MR) is 383 cm³/mol. The van der Waals surface area contributed by atoms with Gasteiger partial charge in [0, 0.05) is 77.8 Å². The van der Waals surface area contributed by atoms with Crippen LogP contribution >= 0.6 is 0 Å². The summed E-state index contributed by atoms with van der Waals surface area (Å²) < 4.78 is 0. The molecule has 21 N–H and O–H groups in total. The molecule has 6 atom stereocenters. The first-order valence-electron chi connectivity index (χ1n) is 32.7. The second kappa shape index (κ2) is 36.6. The van der Waals surface area contributed by atoms with E-state index in [0.717, 1.165) is 0 Å². The summed E-state index contributed by atoms with van der Waals surface area (Å²) in [6, 6.07) is 26.5. The maximum Gasteiger partial charge on any atom is 0.326 e. The number of carboxylic acids is 6. The zero-order valence-electron chi connectivity index (χ0n) is 56.1. The van der Waals surface area contributed by atoms with Crippen LogP contribution in [0.3, 0.4) is 0 Å². The van der Waals surface area contributed by atoms with E-state index in [4.69, 9.17) is 0 Å². The van der Waals surface area contributed by atoms with Gasteiger partial charge in [-0.2, -0.15) is 44.9 Å². The number of hydrogen-bond donors (Lipinski definition) is 21. The number of aromatic nitrogens is 9. The fourth-order valence-electron chi connectivity index (χ4n) is 10.4. The fourth-order valence-corrected chi connectivity index (χ4v) is 10.4. The zero-order chi connectivity index (χ0) is 75.8. The number of phenols is 6. The maximum atomic E-state index is 12.8. The van der Waals surface area contributed by atoms with Gasteiger partial charge in [-0.1, -0.05) is 72.8 Å². The van der Waals surface area contributed by atoms with Crippen molar-refractivity contribution in [3.05, 3.63) is 179 Å². The van der Waals surface area contributed by atoms with Crippen molar-refractivity contribution in [3.8, 4) is 34.5 Å². The van der Waals surface area contributed by atoms with Crippen LogP contribution in [-0.2, 0) is 67.3 Å². The Labute approximate surface area is 602 Å². The number of aromatic hydroxyl groups is 6. The van der Waals surface area contributed by atoms with E-state index in [1.54, 1.807) is 0 Å². The van der Waals surface area contributed by atoms with Gasteiger partial charge in [0.15, 0.2) is 0 Å². The minimum Gasteiger partial charge on any atom is -0.508 e. The lowest BCUT2D eigenvalue weighted by molar-refractivity contribution is -0.138. The van der Waals surface area contributed by atoms with Crippen molar-refractivity contribution in [2.45, 2.75) is 74.8 Å². The van der Waals surface area contributed by atoms with Crippen LogP contribution in [0.2, 0.25) is 0 Å². The summed E-state index contributed by atoms with van der Waals surface area (Å²) in [5.41, 5.74) is 3.04. The van der Waals surface area contributed by atoms with E-state index in [-0.39, 0.29) is 166 Å². The second-order valence-electron chi connectivity index (χ2n) is 24.0. The minimum atomic E-state index is -1.39. The molecular weight excluding hydrogens is 1380 g/mol. The molecule has 37 heteroatoms. The Morgan fingerprint density at radius 3 is 0.528 bits per heavy atom. The molecule has 3 heterocycles. The first kappa shape index (κ1) is 76.3. The second-order valence-corrected chi connectivity index (χ2v) is 24.0. The maximum absolute atomic E-state index is 12.8. The number of carboxylic acid groups (broad SMARTS) is 6. The third-order valence-corrected chi connectivity index (χ3v) is 15.9. The van der Waals surface area contributed by atoms with Gasteiger partial charge in [0.1, 0.15) is 70.7 Å². The number of nitrogens with one attached hydrogen (secondary N) is 9. The lowest BCUT2D eigenvalue weighted by atomic mass is 10.1. The Hall–Kier alpha value is -13.9. The summed E-state index contributed by atoms with van der Waals surface area (Å²) in [4.78, 5) is 118. The fraction of sp³-hybridized carbons (Fsp3) is 0.261. The number of phenolic OH excluding ortho intramolecular Hbond substituents is 6. The van der Waals surface area contributed by atoms with Crippen molar-refractivity contribution < 1.29 is 90.0 Å². The van der Waals surface area contributed by atoms with Crippen LogP contribution in [0.25, 0.3) is 0 Å². The van der Waals surface area contributed by atoms with Crippen molar-refractivity contribution in [2.24, 2.45) is 0 Å². The van der Waals surface area contributed by atoms with E-state index in [2.05, 4.69) is 92.7 Å². The van der Waals surface area contributed by atoms with Crippen molar-refractivity contribution in [1.29, 1.82) is 0 Å². The van der Waals surface area contributed by atoms with Gasteiger partial charge in [-0.3, -0.25) is 4.90 Å². The average molecular weight is 1460 g/mol. The van der Waals surface area contributed by atoms with Crippen molar-refractivity contribution in [1.82, 2.24) is 49.8 Å². The Bertz CT molecular complexity index is 3760. The van der Waals surface area contributed by atoms with Gasteiger partial charge in [0.25, 0.3) is 0 Å². The smallest absolute Gasteiger partial charge is 0.326 e. The quantitative estimate of drug-likeness (QED) is 0.0256. The lowest BCUT2D eigenvalue weighted by Gasteiger charge is -2.24. The van der Waals surface area contributed by atoms with Crippen LogP contribution in [0.15, 0.2) is 146 Å². The van der Waals surface area contributed by atoms with Crippen LogP contribution in [-0.4, -0.2) is 222 Å². The van der Waals surface area contributed by atoms with Gasteiger partial charge >= 0.3 is 35.8 Å². The van der Waals surface area contributed by atoms with Crippen LogP contribution < -0.4 is 47.9 Å². The molecule has 0 fully saturated rings. The Morgan fingerprint density at radius 1 is 0.245 bits per heavy atom. The number of nitrogens with zero attached hydrogens (tertiary/aromatic N) is 10. The lowest BCUT2D eigenvalue weighted by Crippen LogP contribution is -2.37. The van der Waals surface area contributed by atoms with E-state index in [0.29, 0.717) is 33.4 Å². The first-order chi connectivity index (χ1) is 50.8. The number of anilines is 9. The molecule has 9 rings (SSSR count). The SMILES string of the molecule is O=C(O)[C@H](Cc1ccc(O)cc1)Nc1nc(NCCN(CCNc2nc(N[C@@H](Cc3ccc(O)cc3)C(=O)O)nc(N[C@H](Cc3ccc(O)cc3)C(=O)O)n2)CCNc2nc(N[C@@H](Cc3ccc(O)cc3)C(=O)O)nc(N[C@H](Cc3ccc(O)cc3)C(=O)O)n2)nc(N[C@H](Cc2ccc(O)cc2)C(=O)O)n1. The molecule has 0 amide bonds. The molecule has 9 aromatic rings. The number of benzene rings is 6. The summed E-state index contributed by atoms with van der Waals surface area (Å²) in [5, 5.41) is 148. The molecule has 3 aromatic heterocycles. The molecule has 0 aliphatic rings. The number of hydrogen-bond acceptors (Lipinski definition) is 31. The molecule has 0 saturated heterocycles. The number of carbonyl (C=O) groups is 6. The van der Waals surface area contributed by atoms with Crippen molar-refractivity contribution in [3.63, 3.8) is 0 Å². The Kier molecular flexibility index (Phi) is 26.4.